The zero-order valence-corrected chi connectivity index (χ0v) is 12.4. The van der Waals surface area contributed by atoms with E-state index in [-0.39, 0.29) is 18.5 Å². The van der Waals surface area contributed by atoms with E-state index in [1.165, 1.54) is 0 Å². The summed E-state index contributed by atoms with van der Waals surface area (Å²) < 4.78 is 6.74. The molecular formula is C13H24N4O2. The van der Waals surface area contributed by atoms with Crippen LogP contribution in [0.5, 0.6) is 0 Å². The highest BCUT2D eigenvalue weighted by atomic mass is 16.5. The molecule has 1 aromatic rings. The van der Waals surface area contributed by atoms with Gasteiger partial charge in [-0.3, -0.25) is 9.48 Å². The number of methoxy groups -OCH3 is 1. The van der Waals surface area contributed by atoms with Gasteiger partial charge in [0.25, 0.3) is 0 Å². The third kappa shape index (κ3) is 3.96. The number of nitrogens with two attached hydrogens (primary N) is 1. The maximum atomic E-state index is 12.0. The van der Waals surface area contributed by atoms with Crippen molar-refractivity contribution in [2.75, 3.05) is 19.5 Å². The highest BCUT2D eigenvalue weighted by Gasteiger charge is 2.17. The van der Waals surface area contributed by atoms with Crippen LogP contribution in [-0.2, 0) is 16.1 Å². The van der Waals surface area contributed by atoms with Crippen molar-refractivity contribution in [3.8, 4) is 0 Å². The molecule has 6 nitrogen and oxygen atoms in total. The van der Waals surface area contributed by atoms with Crippen molar-refractivity contribution < 1.29 is 9.53 Å². The minimum atomic E-state index is -0.0821. The zero-order chi connectivity index (χ0) is 14.6. The smallest absolute Gasteiger partial charge is 0.242 e. The summed E-state index contributed by atoms with van der Waals surface area (Å²) in [5, 5.41) is 7.20. The Morgan fingerprint density at radius 1 is 1.47 bits per heavy atom. The number of carbonyl (C=O) groups excluding carboxylic acids is 1. The molecular weight excluding hydrogens is 244 g/mol. The summed E-state index contributed by atoms with van der Waals surface area (Å²) >= 11 is 0. The van der Waals surface area contributed by atoms with E-state index >= 15 is 0 Å². The number of anilines is 1. The fourth-order valence-corrected chi connectivity index (χ4v) is 1.83. The van der Waals surface area contributed by atoms with E-state index in [4.69, 9.17) is 10.5 Å². The Bertz CT molecular complexity index is 440. The van der Waals surface area contributed by atoms with Gasteiger partial charge in [-0.2, -0.15) is 5.10 Å². The standard InChI is InChI=1S/C13H24N4O2/c1-8(2)11(7-19-5)15-12(18)6-17-10(4)13(14)9(3)16-17/h8,11H,6-7,14H2,1-5H3,(H,15,18). The van der Waals surface area contributed by atoms with Crippen LogP contribution in [0.2, 0.25) is 0 Å². The van der Waals surface area contributed by atoms with E-state index in [0.29, 0.717) is 18.2 Å². The number of nitrogens with zero attached hydrogens (tertiary/aromatic N) is 2. The molecule has 1 atom stereocenters. The molecule has 0 saturated carbocycles. The molecule has 0 fully saturated rings. The fourth-order valence-electron chi connectivity index (χ4n) is 1.83. The lowest BCUT2D eigenvalue weighted by molar-refractivity contribution is -0.123. The third-order valence-electron chi connectivity index (χ3n) is 3.23. The molecule has 0 bridgehead atoms. The second kappa shape index (κ2) is 6.56. The molecule has 0 radical (unpaired) electrons. The number of ether oxygens (including phenoxy) is 1. The molecule has 19 heavy (non-hydrogen) atoms. The van der Waals surface area contributed by atoms with E-state index in [2.05, 4.69) is 10.4 Å². The van der Waals surface area contributed by atoms with Gasteiger partial charge in [-0.15, -0.1) is 0 Å². The van der Waals surface area contributed by atoms with Crippen molar-refractivity contribution in [2.45, 2.75) is 40.3 Å². The van der Waals surface area contributed by atoms with E-state index in [1.54, 1.807) is 11.8 Å². The first-order chi connectivity index (χ1) is 8.86. The van der Waals surface area contributed by atoms with Crippen molar-refractivity contribution in [1.82, 2.24) is 15.1 Å². The lowest BCUT2D eigenvalue weighted by Crippen LogP contribution is -2.43. The molecule has 1 aromatic heterocycles. The molecule has 3 N–H and O–H groups in total. The maximum absolute atomic E-state index is 12.0. The highest BCUT2D eigenvalue weighted by molar-refractivity contribution is 5.76. The van der Waals surface area contributed by atoms with E-state index < -0.39 is 0 Å². The van der Waals surface area contributed by atoms with Gasteiger partial charge in [0, 0.05) is 7.11 Å². The molecule has 0 saturated heterocycles. The van der Waals surface area contributed by atoms with Crippen LogP contribution in [0.25, 0.3) is 0 Å². The largest absolute Gasteiger partial charge is 0.396 e. The number of nitrogens with one attached hydrogen (secondary N) is 1. The first-order valence-corrected chi connectivity index (χ1v) is 6.44. The van der Waals surface area contributed by atoms with Crippen LogP contribution in [0.4, 0.5) is 5.69 Å². The number of hydrogen-bond donors (Lipinski definition) is 2. The molecule has 1 amide bonds. The lowest BCUT2D eigenvalue weighted by Gasteiger charge is -2.21. The molecule has 108 valence electrons. The fraction of sp³-hybridized carbons (Fsp3) is 0.692. The van der Waals surface area contributed by atoms with Gasteiger partial charge in [0.05, 0.1) is 29.7 Å². The van der Waals surface area contributed by atoms with Crippen LogP contribution in [0.15, 0.2) is 0 Å². The molecule has 1 unspecified atom stereocenters. The second-order valence-electron chi connectivity index (χ2n) is 5.12. The number of aromatic nitrogens is 2. The highest BCUT2D eigenvalue weighted by Crippen LogP contribution is 2.14. The predicted molar refractivity (Wildman–Crippen MR) is 74.8 cm³/mol. The molecule has 0 aromatic carbocycles. The van der Waals surface area contributed by atoms with Crippen molar-refractivity contribution in [3.05, 3.63) is 11.4 Å². The summed E-state index contributed by atoms with van der Waals surface area (Å²) in [7, 11) is 1.63. The predicted octanol–water partition coefficient (Wildman–Crippen LogP) is 0.869. The van der Waals surface area contributed by atoms with E-state index in [1.807, 2.05) is 27.7 Å². The average molecular weight is 268 g/mol. The molecule has 0 aliphatic rings. The Kier molecular flexibility index (Phi) is 5.35. The van der Waals surface area contributed by atoms with Crippen LogP contribution in [0.3, 0.4) is 0 Å². The molecule has 0 aliphatic heterocycles. The Hall–Kier alpha value is -1.56. The van der Waals surface area contributed by atoms with Crippen molar-refractivity contribution in [1.29, 1.82) is 0 Å². The topological polar surface area (TPSA) is 82.2 Å². The molecule has 0 aliphatic carbocycles. The van der Waals surface area contributed by atoms with Crippen LogP contribution < -0.4 is 11.1 Å². The quantitative estimate of drug-likeness (QED) is 0.802. The first-order valence-electron chi connectivity index (χ1n) is 6.44. The van der Waals surface area contributed by atoms with Gasteiger partial charge in [-0.1, -0.05) is 13.8 Å². The van der Waals surface area contributed by atoms with Crippen LogP contribution in [-0.4, -0.2) is 35.4 Å². The van der Waals surface area contributed by atoms with Gasteiger partial charge in [-0.25, -0.2) is 0 Å². The Labute approximate surface area is 114 Å². The van der Waals surface area contributed by atoms with Gasteiger partial charge >= 0.3 is 0 Å². The summed E-state index contributed by atoms with van der Waals surface area (Å²) in [4.78, 5) is 12.0. The number of hydrogen-bond acceptors (Lipinski definition) is 4. The SMILES string of the molecule is COCC(NC(=O)Cn1nc(C)c(N)c1C)C(C)C. The number of aryl methyl sites for hydroxylation is 1. The summed E-state index contributed by atoms with van der Waals surface area (Å²) in [6.45, 7) is 8.46. The molecule has 1 heterocycles. The van der Waals surface area contributed by atoms with Gasteiger partial charge in [-0.05, 0) is 19.8 Å². The Balaban J connectivity index is 2.66. The normalized spacial score (nSPS) is 12.7. The minimum absolute atomic E-state index is 0.00631. The summed E-state index contributed by atoms with van der Waals surface area (Å²) in [6.07, 6.45) is 0. The summed E-state index contributed by atoms with van der Waals surface area (Å²) in [6, 6.07) is 0.00631. The van der Waals surface area contributed by atoms with Gasteiger partial charge < -0.3 is 15.8 Å². The van der Waals surface area contributed by atoms with Gasteiger partial charge in [0.15, 0.2) is 0 Å². The third-order valence-corrected chi connectivity index (χ3v) is 3.23. The zero-order valence-electron chi connectivity index (χ0n) is 12.4. The summed E-state index contributed by atoms with van der Waals surface area (Å²) in [5.74, 6) is 0.232. The van der Waals surface area contributed by atoms with E-state index in [9.17, 15) is 4.79 Å². The maximum Gasteiger partial charge on any atom is 0.242 e. The second-order valence-corrected chi connectivity index (χ2v) is 5.12. The Morgan fingerprint density at radius 3 is 2.53 bits per heavy atom. The van der Waals surface area contributed by atoms with Gasteiger partial charge in [0.2, 0.25) is 5.91 Å². The molecule has 0 spiro atoms. The molecule has 1 rings (SSSR count). The van der Waals surface area contributed by atoms with Crippen molar-refractivity contribution in [2.24, 2.45) is 5.92 Å². The summed E-state index contributed by atoms with van der Waals surface area (Å²) in [5.41, 5.74) is 8.06. The first kappa shape index (κ1) is 15.5. The van der Waals surface area contributed by atoms with Crippen LogP contribution in [0, 0.1) is 19.8 Å². The number of rotatable bonds is 6. The van der Waals surface area contributed by atoms with Crippen molar-refractivity contribution in [3.63, 3.8) is 0 Å². The average Bonchev–Trinajstić information content (AvgIpc) is 2.56. The monoisotopic (exact) mass is 268 g/mol. The van der Waals surface area contributed by atoms with Crippen molar-refractivity contribution >= 4 is 11.6 Å². The lowest BCUT2D eigenvalue weighted by atomic mass is 10.1. The van der Waals surface area contributed by atoms with Gasteiger partial charge in [0.1, 0.15) is 6.54 Å². The van der Waals surface area contributed by atoms with Crippen LogP contribution in [0.1, 0.15) is 25.2 Å². The number of amides is 1. The number of nitrogen functional groups attached to an aromatic ring is 1. The minimum Gasteiger partial charge on any atom is -0.396 e. The van der Waals surface area contributed by atoms with E-state index in [0.717, 1.165) is 11.4 Å². The molecule has 6 heteroatoms. The van der Waals surface area contributed by atoms with Crippen LogP contribution >= 0.6 is 0 Å². The number of carbonyl (C=O) groups is 1. The Morgan fingerprint density at radius 2 is 2.11 bits per heavy atom.